The molecule has 0 saturated carbocycles. The van der Waals surface area contributed by atoms with Crippen LogP contribution in [0.4, 0.5) is 0 Å². The van der Waals surface area contributed by atoms with Gasteiger partial charge in [0.2, 0.25) is 0 Å². The molecule has 2 heterocycles. The Morgan fingerprint density at radius 2 is 2.33 bits per heavy atom. The van der Waals surface area contributed by atoms with Gasteiger partial charge < -0.3 is 10.0 Å². The molecule has 0 radical (unpaired) electrons. The SMILES string of the molecule is CCn1nnc2cc(C(=O)N3CCC(CCO)C3)ccc21. The summed E-state index contributed by atoms with van der Waals surface area (Å²) in [6.45, 7) is 4.47. The number of amides is 1. The molecule has 0 aliphatic carbocycles. The van der Waals surface area contributed by atoms with Crippen LogP contribution in [0, 0.1) is 5.92 Å². The molecule has 3 rings (SSSR count). The Morgan fingerprint density at radius 1 is 1.48 bits per heavy atom. The number of likely N-dealkylation sites (tertiary alicyclic amines) is 1. The van der Waals surface area contributed by atoms with Gasteiger partial charge in [-0.2, -0.15) is 0 Å². The fourth-order valence-electron chi connectivity index (χ4n) is 2.96. The number of hydrogen-bond acceptors (Lipinski definition) is 4. The zero-order valence-corrected chi connectivity index (χ0v) is 12.2. The van der Waals surface area contributed by atoms with E-state index in [1.54, 1.807) is 0 Å². The number of aryl methyl sites for hydroxylation is 1. The van der Waals surface area contributed by atoms with Gasteiger partial charge in [0.1, 0.15) is 5.52 Å². The summed E-state index contributed by atoms with van der Waals surface area (Å²) in [4.78, 5) is 14.4. The first-order valence-electron chi connectivity index (χ1n) is 7.46. The summed E-state index contributed by atoms with van der Waals surface area (Å²) in [5.41, 5.74) is 2.37. The lowest BCUT2D eigenvalue weighted by atomic mass is 10.1. The minimum Gasteiger partial charge on any atom is -0.396 e. The molecule has 1 saturated heterocycles. The number of fused-ring (bicyclic) bond motifs is 1. The average molecular weight is 288 g/mol. The lowest BCUT2D eigenvalue weighted by Crippen LogP contribution is -2.28. The molecule has 1 fully saturated rings. The Balaban J connectivity index is 1.79. The lowest BCUT2D eigenvalue weighted by Gasteiger charge is -2.16. The van der Waals surface area contributed by atoms with E-state index in [9.17, 15) is 4.79 Å². The van der Waals surface area contributed by atoms with Crippen LogP contribution in [0.2, 0.25) is 0 Å². The Morgan fingerprint density at radius 3 is 3.10 bits per heavy atom. The molecule has 0 bridgehead atoms. The molecule has 1 aliphatic rings. The van der Waals surface area contributed by atoms with Gasteiger partial charge in [-0.15, -0.1) is 5.10 Å². The average Bonchev–Trinajstić information content (AvgIpc) is 3.12. The molecule has 1 amide bonds. The minimum atomic E-state index is 0.0448. The summed E-state index contributed by atoms with van der Waals surface area (Å²) >= 11 is 0. The van der Waals surface area contributed by atoms with E-state index in [0.29, 0.717) is 11.5 Å². The molecule has 0 spiro atoms. The van der Waals surface area contributed by atoms with Crippen molar-refractivity contribution < 1.29 is 9.90 Å². The number of nitrogens with zero attached hydrogens (tertiary/aromatic N) is 4. The molecule has 6 heteroatoms. The van der Waals surface area contributed by atoms with Gasteiger partial charge in [0.05, 0.1) is 5.52 Å². The van der Waals surface area contributed by atoms with Crippen LogP contribution in [0.1, 0.15) is 30.1 Å². The highest BCUT2D eigenvalue weighted by Crippen LogP contribution is 2.22. The first kappa shape index (κ1) is 14.0. The van der Waals surface area contributed by atoms with Crippen molar-refractivity contribution in [3.63, 3.8) is 0 Å². The zero-order chi connectivity index (χ0) is 14.8. The highest BCUT2D eigenvalue weighted by atomic mass is 16.3. The smallest absolute Gasteiger partial charge is 0.253 e. The number of carbonyl (C=O) groups excluding carboxylic acids is 1. The predicted octanol–water partition coefficient (Wildman–Crippen LogP) is 1.30. The molecule has 112 valence electrons. The first-order chi connectivity index (χ1) is 10.2. The lowest BCUT2D eigenvalue weighted by molar-refractivity contribution is 0.0785. The van der Waals surface area contributed by atoms with Crippen LogP contribution in [0.3, 0.4) is 0 Å². The van der Waals surface area contributed by atoms with Crippen molar-refractivity contribution in [1.82, 2.24) is 19.9 Å². The Kier molecular flexibility index (Phi) is 3.88. The topological polar surface area (TPSA) is 71.2 Å². The van der Waals surface area contributed by atoms with Gasteiger partial charge in [-0.05, 0) is 43.9 Å². The molecular weight excluding hydrogens is 268 g/mol. The van der Waals surface area contributed by atoms with Gasteiger partial charge in [0.25, 0.3) is 5.91 Å². The molecule has 1 atom stereocenters. The Hall–Kier alpha value is -1.95. The molecule has 1 aromatic carbocycles. The first-order valence-corrected chi connectivity index (χ1v) is 7.46. The van der Waals surface area contributed by atoms with E-state index in [-0.39, 0.29) is 12.5 Å². The summed E-state index contributed by atoms with van der Waals surface area (Å²) < 4.78 is 1.82. The van der Waals surface area contributed by atoms with Gasteiger partial charge in [-0.3, -0.25) is 4.79 Å². The van der Waals surface area contributed by atoms with E-state index in [4.69, 9.17) is 5.11 Å². The van der Waals surface area contributed by atoms with Crippen LogP contribution in [-0.4, -0.2) is 50.6 Å². The van der Waals surface area contributed by atoms with Crippen LogP contribution in [0.25, 0.3) is 11.0 Å². The Bertz CT molecular complexity index is 652. The van der Waals surface area contributed by atoms with Crippen LogP contribution in [0.5, 0.6) is 0 Å². The second-order valence-corrected chi connectivity index (χ2v) is 5.53. The third-order valence-corrected chi connectivity index (χ3v) is 4.17. The molecule has 1 aromatic heterocycles. The van der Waals surface area contributed by atoms with E-state index >= 15 is 0 Å². The van der Waals surface area contributed by atoms with Crippen LogP contribution in [0.15, 0.2) is 18.2 Å². The van der Waals surface area contributed by atoms with Crippen LogP contribution in [-0.2, 0) is 6.54 Å². The fourth-order valence-corrected chi connectivity index (χ4v) is 2.96. The number of carbonyl (C=O) groups is 1. The molecule has 2 aromatic rings. The number of aromatic nitrogens is 3. The van der Waals surface area contributed by atoms with Crippen molar-refractivity contribution in [3.05, 3.63) is 23.8 Å². The van der Waals surface area contributed by atoms with Crippen molar-refractivity contribution in [2.75, 3.05) is 19.7 Å². The van der Waals surface area contributed by atoms with E-state index < -0.39 is 0 Å². The largest absolute Gasteiger partial charge is 0.396 e. The minimum absolute atomic E-state index is 0.0448. The van der Waals surface area contributed by atoms with Gasteiger partial charge in [-0.25, -0.2) is 4.68 Å². The summed E-state index contributed by atoms with van der Waals surface area (Å²) in [5.74, 6) is 0.465. The van der Waals surface area contributed by atoms with Gasteiger partial charge in [0, 0.05) is 31.8 Å². The van der Waals surface area contributed by atoms with Crippen molar-refractivity contribution in [3.8, 4) is 0 Å². The van der Waals surface area contributed by atoms with Gasteiger partial charge >= 0.3 is 0 Å². The van der Waals surface area contributed by atoms with Crippen molar-refractivity contribution in [2.24, 2.45) is 5.92 Å². The fraction of sp³-hybridized carbons (Fsp3) is 0.533. The molecule has 1 aliphatic heterocycles. The molecule has 21 heavy (non-hydrogen) atoms. The number of hydrogen-bond donors (Lipinski definition) is 1. The van der Waals surface area contributed by atoms with Crippen LogP contribution < -0.4 is 0 Å². The highest BCUT2D eigenvalue weighted by molar-refractivity contribution is 5.97. The number of aliphatic hydroxyl groups is 1. The summed E-state index contributed by atoms with van der Waals surface area (Å²) in [5, 5.41) is 17.2. The molecule has 6 nitrogen and oxygen atoms in total. The third kappa shape index (κ3) is 2.63. The third-order valence-electron chi connectivity index (χ3n) is 4.17. The number of rotatable bonds is 4. The maximum absolute atomic E-state index is 12.5. The standard InChI is InChI=1S/C15H20N4O2/c1-2-19-14-4-3-12(9-13(14)16-17-19)15(21)18-7-5-11(10-18)6-8-20/h3-4,9,11,20H,2,5-8,10H2,1H3. The van der Waals surface area contributed by atoms with Crippen molar-refractivity contribution >= 4 is 16.9 Å². The van der Waals surface area contributed by atoms with Crippen LogP contribution >= 0.6 is 0 Å². The van der Waals surface area contributed by atoms with E-state index in [1.165, 1.54) is 0 Å². The number of aliphatic hydroxyl groups excluding tert-OH is 1. The highest BCUT2D eigenvalue weighted by Gasteiger charge is 2.26. The normalized spacial score (nSPS) is 18.6. The second kappa shape index (κ2) is 5.81. The van der Waals surface area contributed by atoms with E-state index in [1.807, 2.05) is 34.7 Å². The quantitative estimate of drug-likeness (QED) is 0.920. The second-order valence-electron chi connectivity index (χ2n) is 5.53. The maximum Gasteiger partial charge on any atom is 0.253 e. The van der Waals surface area contributed by atoms with E-state index in [2.05, 4.69) is 10.3 Å². The van der Waals surface area contributed by atoms with Crippen molar-refractivity contribution in [1.29, 1.82) is 0 Å². The molecule has 1 N–H and O–H groups in total. The van der Waals surface area contributed by atoms with Gasteiger partial charge in [0.15, 0.2) is 0 Å². The predicted molar refractivity (Wildman–Crippen MR) is 78.9 cm³/mol. The van der Waals surface area contributed by atoms with Gasteiger partial charge in [-0.1, -0.05) is 5.21 Å². The molecule has 1 unspecified atom stereocenters. The molecular formula is C15H20N4O2. The maximum atomic E-state index is 12.5. The zero-order valence-electron chi connectivity index (χ0n) is 12.2. The number of benzene rings is 1. The summed E-state index contributed by atoms with van der Waals surface area (Å²) in [6.07, 6.45) is 1.74. The van der Waals surface area contributed by atoms with Crippen molar-refractivity contribution in [2.45, 2.75) is 26.3 Å². The Labute approximate surface area is 123 Å². The monoisotopic (exact) mass is 288 g/mol. The van der Waals surface area contributed by atoms with E-state index in [0.717, 1.165) is 43.5 Å². The summed E-state index contributed by atoms with van der Waals surface area (Å²) in [6, 6.07) is 5.57. The summed E-state index contributed by atoms with van der Waals surface area (Å²) in [7, 11) is 0.